The lowest BCUT2D eigenvalue weighted by Crippen LogP contribution is -2.52. The number of nitrogens with two attached hydrogens (primary N) is 1. The van der Waals surface area contributed by atoms with Crippen LogP contribution in [0.4, 0.5) is 11.4 Å². The molecule has 0 saturated carbocycles. The number of hydrogen-bond donors (Lipinski definition) is 1. The molecule has 0 bridgehead atoms. The standard InChI is InChI=1S/C25H21ClN4O2/c1-14-17(26)8-5-10-18(14)30-20-11-6-12-21(31)22(20)25(16(13-27)23(30)28)15-7-3-4-9-19(15)29(2)24(25)32/h3-5,7-10H,6,11-12,28H2,1-2H3/t25-/m1/s1. The summed E-state index contributed by atoms with van der Waals surface area (Å²) in [6.45, 7) is 1.87. The summed E-state index contributed by atoms with van der Waals surface area (Å²) in [4.78, 5) is 30.6. The zero-order chi connectivity index (χ0) is 22.8. The molecule has 2 N–H and O–H groups in total. The average molecular weight is 445 g/mol. The Morgan fingerprint density at radius 1 is 1.09 bits per heavy atom. The van der Waals surface area contributed by atoms with E-state index in [0.29, 0.717) is 52.5 Å². The fraction of sp³-hybridized carbons (Fsp3) is 0.240. The summed E-state index contributed by atoms with van der Waals surface area (Å²) >= 11 is 6.39. The molecule has 32 heavy (non-hydrogen) atoms. The van der Waals surface area contributed by atoms with Crippen LogP contribution in [-0.2, 0) is 15.0 Å². The predicted molar refractivity (Wildman–Crippen MR) is 123 cm³/mol. The van der Waals surface area contributed by atoms with E-state index in [2.05, 4.69) is 6.07 Å². The fourth-order valence-electron chi connectivity index (χ4n) is 5.35. The maximum atomic E-state index is 13.9. The van der Waals surface area contributed by atoms with Crippen molar-refractivity contribution in [3.05, 3.63) is 81.3 Å². The summed E-state index contributed by atoms with van der Waals surface area (Å²) in [6, 6.07) is 15.0. The lowest BCUT2D eigenvalue weighted by Gasteiger charge is -2.44. The lowest BCUT2D eigenvalue weighted by molar-refractivity contribution is -0.124. The second-order valence-corrected chi connectivity index (χ2v) is 8.73. The molecule has 0 fully saturated rings. The minimum Gasteiger partial charge on any atom is -0.384 e. The number of carbonyl (C=O) groups excluding carboxylic acids is 2. The van der Waals surface area contributed by atoms with Crippen molar-refractivity contribution in [1.29, 1.82) is 5.26 Å². The Morgan fingerprint density at radius 3 is 2.56 bits per heavy atom. The highest BCUT2D eigenvalue weighted by molar-refractivity contribution is 6.31. The Bertz CT molecular complexity index is 1320. The Morgan fingerprint density at radius 2 is 1.81 bits per heavy atom. The van der Waals surface area contributed by atoms with Crippen molar-refractivity contribution >= 4 is 34.7 Å². The molecule has 0 saturated heterocycles. The van der Waals surface area contributed by atoms with Crippen molar-refractivity contribution in [3.63, 3.8) is 0 Å². The number of benzene rings is 2. The second kappa shape index (κ2) is 6.98. The van der Waals surface area contributed by atoms with Crippen LogP contribution in [0.2, 0.25) is 5.02 Å². The first-order valence-electron chi connectivity index (χ1n) is 10.5. The first-order chi connectivity index (χ1) is 15.4. The van der Waals surface area contributed by atoms with Crippen LogP contribution in [0.15, 0.2) is 65.1 Å². The zero-order valence-electron chi connectivity index (χ0n) is 17.8. The molecule has 2 aromatic carbocycles. The smallest absolute Gasteiger partial charge is 0.247 e. The highest BCUT2D eigenvalue weighted by atomic mass is 35.5. The Labute approximate surface area is 191 Å². The number of halogens is 1. The fourth-order valence-corrected chi connectivity index (χ4v) is 5.52. The molecule has 1 aliphatic carbocycles. The van der Waals surface area contributed by atoms with Gasteiger partial charge in [-0.3, -0.25) is 14.5 Å². The Balaban J connectivity index is 1.92. The van der Waals surface area contributed by atoms with Crippen LogP contribution in [-0.4, -0.2) is 18.7 Å². The molecule has 6 nitrogen and oxygen atoms in total. The first kappa shape index (κ1) is 20.3. The number of carbonyl (C=O) groups is 2. The number of nitrogens with zero attached hydrogens (tertiary/aromatic N) is 3. The van der Waals surface area contributed by atoms with Gasteiger partial charge in [0.15, 0.2) is 5.78 Å². The highest BCUT2D eigenvalue weighted by Crippen LogP contribution is 2.56. The lowest BCUT2D eigenvalue weighted by atomic mass is 9.63. The minimum absolute atomic E-state index is 0.0766. The van der Waals surface area contributed by atoms with E-state index >= 15 is 0 Å². The van der Waals surface area contributed by atoms with Gasteiger partial charge in [0, 0.05) is 41.0 Å². The van der Waals surface area contributed by atoms with Gasteiger partial charge in [-0.1, -0.05) is 35.9 Å². The molecule has 1 spiro atoms. The van der Waals surface area contributed by atoms with Gasteiger partial charge >= 0.3 is 0 Å². The van der Waals surface area contributed by atoms with Crippen molar-refractivity contribution in [2.75, 3.05) is 16.8 Å². The van der Waals surface area contributed by atoms with Gasteiger partial charge in [0.2, 0.25) is 5.91 Å². The molecule has 1 atom stereocenters. The number of allylic oxidation sites excluding steroid dienone is 1. The van der Waals surface area contributed by atoms with E-state index in [-0.39, 0.29) is 23.1 Å². The number of nitriles is 1. The monoisotopic (exact) mass is 444 g/mol. The van der Waals surface area contributed by atoms with Crippen LogP contribution in [0, 0.1) is 18.3 Å². The second-order valence-electron chi connectivity index (χ2n) is 8.32. The zero-order valence-corrected chi connectivity index (χ0v) is 18.5. The largest absolute Gasteiger partial charge is 0.384 e. The number of Topliss-reactive ketones (excluding diaryl/α,β-unsaturated/α-hetero) is 1. The van der Waals surface area contributed by atoms with E-state index in [1.165, 1.54) is 4.90 Å². The van der Waals surface area contributed by atoms with Crippen molar-refractivity contribution in [1.82, 2.24) is 0 Å². The molecule has 1 amide bonds. The van der Waals surface area contributed by atoms with Gasteiger partial charge in [-0.05, 0) is 43.5 Å². The molecule has 7 heteroatoms. The van der Waals surface area contributed by atoms with Gasteiger partial charge in [0.05, 0.1) is 11.3 Å². The molecule has 5 rings (SSSR count). The van der Waals surface area contributed by atoms with Gasteiger partial charge in [0.25, 0.3) is 0 Å². The Hall–Kier alpha value is -3.56. The summed E-state index contributed by atoms with van der Waals surface area (Å²) in [5, 5.41) is 10.9. The van der Waals surface area contributed by atoms with Crippen LogP contribution in [0.5, 0.6) is 0 Å². The van der Waals surface area contributed by atoms with E-state index in [9.17, 15) is 14.9 Å². The normalized spacial score (nSPS) is 22.4. The van der Waals surface area contributed by atoms with Crippen molar-refractivity contribution in [2.24, 2.45) is 5.73 Å². The van der Waals surface area contributed by atoms with Crippen molar-refractivity contribution < 1.29 is 9.59 Å². The van der Waals surface area contributed by atoms with Gasteiger partial charge in [-0.2, -0.15) is 5.26 Å². The molecule has 0 radical (unpaired) electrons. The number of rotatable bonds is 1. The quantitative estimate of drug-likeness (QED) is 0.715. The van der Waals surface area contributed by atoms with E-state index < -0.39 is 5.41 Å². The molecular weight excluding hydrogens is 424 g/mol. The molecule has 2 aromatic rings. The topological polar surface area (TPSA) is 90.4 Å². The Kier molecular flexibility index (Phi) is 4.44. The van der Waals surface area contributed by atoms with E-state index in [1.807, 2.05) is 43.3 Å². The van der Waals surface area contributed by atoms with Crippen LogP contribution in [0.1, 0.15) is 30.4 Å². The van der Waals surface area contributed by atoms with Gasteiger partial charge < -0.3 is 10.6 Å². The summed E-state index contributed by atoms with van der Waals surface area (Å²) in [7, 11) is 1.67. The third-order valence-corrected chi connectivity index (χ3v) is 7.20. The molecule has 2 heterocycles. The average Bonchev–Trinajstić information content (AvgIpc) is 3.00. The SMILES string of the molecule is Cc1c(Cl)cccc1N1C(N)=C(C#N)[C@@]2(C(=O)N(C)c3ccccc32)C2=C1CCCC2=O. The molecule has 160 valence electrons. The van der Waals surface area contributed by atoms with Crippen molar-refractivity contribution in [2.45, 2.75) is 31.6 Å². The molecule has 2 aliphatic heterocycles. The maximum absolute atomic E-state index is 13.9. The minimum atomic E-state index is -1.53. The van der Waals surface area contributed by atoms with Crippen LogP contribution >= 0.6 is 11.6 Å². The summed E-state index contributed by atoms with van der Waals surface area (Å²) in [5.74, 6) is -0.303. The highest BCUT2D eigenvalue weighted by Gasteiger charge is 2.61. The van der Waals surface area contributed by atoms with E-state index in [0.717, 1.165) is 5.56 Å². The molecule has 0 aromatic heterocycles. The summed E-state index contributed by atoms with van der Waals surface area (Å²) < 4.78 is 0. The number of anilines is 2. The number of ketones is 1. The molecule has 0 unspecified atom stereocenters. The predicted octanol–water partition coefficient (Wildman–Crippen LogP) is 4.08. The van der Waals surface area contributed by atoms with Crippen LogP contribution in [0.25, 0.3) is 0 Å². The number of para-hydroxylation sites is 1. The first-order valence-corrected chi connectivity index (χ1v) is 10.8. The van der Waals surface area contributed by atoms with Gasteiger partial charge in [0.1, 0.15) is 17.3 Å². The van der Waals surface area contributed by atoms with Crippen LogP contribution < -0.4 is 15.5 Å². The van der Waals surface area contributed by atoms with Gasteiger partial charge in [-0.25, -0.2) is 0 Å². The number of likely N-dealkylation sites (N-methyl/N-ethyl adjacent to an activating group) is 1. The van der Waals surface area contributed by atoms with Crippen LogP contribution in [0.3, 0.4) is 0 Å². The van der Waals surface area contributed by atoms with E-state index in [1.54, 1.807) is 18.0 Å². The maximum Gasteiger partial charge on any atom is 0.247 e. The third-order valence-electron chi connectivity index (χ3n) is 6.79. The number of fused-ring (bicyclic) bond motifs is 3. The molecule has 3 aliphatic rings. The third kappa shape index (κ3) is 2.34. The summed E-state index contributed by atoms with van der Waals surface area (Å²) in [6.07, 6.45) is 1.53. The number of amides is 1. The summed E-state index contributed by atoms with van der Waals surface area (Å²) in [5.41, 5.74) is 9.04. The number of hydrogen-bond acceptors (Lipinski definition) is 5. The van der Waals surface area contributed by atoms with E-state index in [4.69, 9.17) is 17.3 Å². The molecular formula is C25H21ClN4O2. The van der Waals surface area contributed by atoms with Crippen molar-refractivity contribution in [3.8, 4) is 6.07 Å². The van der Waals surface area contributed by atoms with Gasteiger partial charge in [-0.15, -0.1) is 0 Å².